The molecule has 1 aromatic rings. The molecule has 0 fully saturated rings. The fourth-order valence-electron chi connectivity index (χ4n) is 1.22. The maximum Gasteiger partial charge on any atom is 0.250 e. The Hall–Kier alpha value is -0.430. The van der Waals surface area contributed by atoms with Crippen molar-refractivity contribution in [3.8, 4) is 0 Å². The molecule has 0 radical (unpaired) electrons. The van der Waals surface area contributed by atoms with Crippen molar-refractivity contribution in [2.45, 2.75) is 12.5 Å². The average Bonchev–Trinajstić information content (AvgIpc) is 2.66. The Morgan fingerprint density at radius 3 is 2.94 bits per heavy atom. The maximum atomic E-state index is 11.5. The molecule has 1 rings (SSSR count). The first-order chi connectivity index (χ1) is 7.67. The third-order valence-electron chi connectivity index (χ3n) is 2.09. The fourth-order valence-corrected chi connectivity index (χ4v) is 2.70. The first kappa shape index (κ1) is 13.6. The molecular formula is C10H15BrN2O2S. The number of hydrogen-bond acceptors (Lipinski definition) is 4. The van der Waals surface area contributed by atoms with Gasteiger partial charge in [0.25, 0.3) is 0 Å². The minimum absolute atomic E-state index is 0.152. The van der Waals surface area contributed by atoms with E-state index >= 15 is 0 Å². The van der Waals surface area contributed by atoms with Gasteiger partial charge < -0.3 is 15.8 Å². The van der Waals surface area contributed by atoms with Gasteiger partial charge in [-0.2, -0.15) is 0 Å². The van der Waals surface area contributed by atoms with Crippen LogP contribution in [0.1, 0.15) is 4.88 Å². The molecule has 0 aromatic carbocycles. The van der Waals surface area contributed by atoms with Crippen molar-refractivity contribution < 1.29 is 9.53 Å². The number of nitrogens with one attached hydrogen (secondary N) is 1. The van der Waals surface area contributed by atoms with Crippen LogP contribution in [0.5, 0.6) is 0 Å². The quantitative estimate of drug-likeness (QED) is 0.828. The lowest BCUT2D eigenvalue weighted by Gasteiger charge is -2.12. The Balaban J connectivity index is 2.27. The Morgan fingerprint density at radius 1 is 1.69 bits per heavy atom. The Kier molecular flexibility index (Phi) is 5.97. The van der Waals surface area contributed by atoms with Gasteiger partial charge in [0.05, 0.1) is 3.79 Å². The van der Waals surface area contributed by atoms with Crippen molar-refractivity contribution in [1.29, 1.82) is 0 Å². The predicted molar refractivity (Wildman–Crippen MR) is 68.6 cm³/mol. The van der Waals surface area contributed by atoms with Crippen LogP contribution in [0.15, 0.2) is 15.9 Å². The van der Waals surface area contributed by atoms with Gasteiger partial charge in [-0.05, 0) is 34.5 Å². The van der Waals surface area contributed by atoms with Gasteiger partial charge in [0, 0.05) is 25.1 Å². The molecule has 0 aliphatic carbocycles. The summed E-state index contributed by atoms with van der Waals surface area (Å²) in [6.07, 6.45) is 0.276. The number of ether oxygens (including phenoxy) is 1. The predicted octanol–water partition coefficient (Wildman–Crippen LogP) is 1.14. The number of halogens is 1. The van der Waals surface area contributed by atoms with Crippen LogP contribution < -0.4 is 11.1 Å². The van der Waals surface area contributed by atoms with E-state index in [-0.39, 0.29) is 12.5 Å². The van der Waals surface area contributed by atoms with Crippen LogP contribution in [0, 0.1) is 0 Å². The summed E-state index contributed by atoms with van der Waals surface area (Å²) < 4.78 is 6.03. The van der Waals surface area contributed by atoms with Gasteiger partial charge in [0.1, 0.15) is 6.10 Å². The van der Waals surface area contributed by atoms with E-state index < -0.39 is 6.10 Å². The molecule has 1 unspecified atom stereocenters. The van der Waals surface area contributed by atoms with Crippen molar-refractivity contribution in [2.75, 3.05) is 20.2 Å². The van der Waals surface area contributed by atoms with Crippen LogP contribution >= 0.6 is 27.3 Å². The van der Waals surface area contributed by atoms with Crippen molar-refractivity contribution in [3.63, 3.8) is 0 Å². The molecule has 0 aliphatic heterocycles. The molecule has 1 aromatic heterocycles. The van der Waals surface area contributed by atoms with Crippen molar-refractivity contribution in [1.82, 2.24) is 5.32 Å². The van der Waals surface area contributed by atoms with E-state index in [4.69, 9.17) is 10.5 Å². The Bertz CT molecular complexity index is 339. The van der Waals surface area contributed by atoms with E-state index in [1.807, 2.05) is 12.1 Å². The number of hydrogen-bond donors (Lipinski definition) is 2. The summed E-state index contributed by atoms with van der Waals surface area (Å²) in [5.74, 6) is -0.152. The second-order valence-electron chi connectivity index (χ2n) is 3.21. The highest BCUT2D eigenvalue weighted by molar-refractivity contribution is 9.11. The van der Waals surface area contributed by atoms with Crippen molar-refractivity contribution >= 4 is 33.2 Å². The van der Waals surface area contributed by atoms with Crippen LogP contribution in [0.4, 0.5) is 0 Å². The summed E-state index contributed by atoms with van der Waals surface area (Å²) in [5, 5.41) is 2.79. The number of nitrogens with two attached hydrogens (primary N) is 1. The summed E-state index contributed by atoms with van der Waals surface area (Å²) in [4.78, 5) is 12.7. The third kappa shape index (κ3) is 4.21. The first-order valence-corrected chi connectivity index (χ1v) is 6.53. The lowest BCUT2D eigenvalue weighted by molar-refractivity contribution is -0.130. The number of amides is 1. The summed E-state index contributed by atoms with van der Waals surface area (Å²) in [6, 6.07) is 4.04. The zero-order valence-corrected chi connectivity index (χ0v) is 11.4. The van der Waals surface area contributed by atoms with Crippen LogP contribution in [-0.2, 0) is 16.0 Å². The molecule has 1 heterocycles. The van der Waals surface area contributed by atoms with Gasteiger partial charge in [-0.3, -0.25) is 4.79 Å². The second-order valence-corrected chi connectivity index (χ2v) is 5.75. The molecule has 3 N–H and O–H groups in total. The highest BCUT2D eigenvalue weighted by Crippen LogP contribution is 2.21. The van der Waals surface area contributed by atoms with E-state index in [9.17, 15) is 4.79 Å². The van der Waals surface area contributed by atoms with Crippen LogP contribution in [-0.4, -0.2) is 32.2 Å². The summed E-state index contributed by atoms with van der Waals surface area (Å²) >= 11 is 5.06. The van der Waals surface area contributed by atoms with Gasteiger partial charge >= 0.3 is 0 Å². The number of rotatable bonds is 6. The summed E-state index contributed by atoms with van der Waals surface area (Å²) in [5.41, 5.74) is 5.38. The van der Waals surface area contributed by atoms with Gasteiger partial charge in [-0.25, -0.2) is 0 Å². The lowest BCUT2D eigenvalue weighted by Crippen LogP contribution is -2.41. The molecule has 16 heavy (non-hydrogen) atoms. The molecule has 90 valence electrons. The SMILES string of the molecule is COC(CN)C(=O)NCCc1ccc(Br)s1. The lowest BCUT2D eigenvalue weighted by atomic mass is 10.3. The summed E-state index contributed by atoms with van der Waals surface area (Å²) in [6.45, 7) is 0.804. The van der Waals surface area contributed by atoms with Crippen LogP contribution in [0.3, 0.4) is 0 Å². The van der Waals surface area contributed by atoms with Crippen molar-refractivity contribution in [2.24, 2.45) is 5.73 Å². The second kappa shape index (κ2) is 7.01. The largest absolute Gasteiger partial charge is 0.370 e. The molecule has 0 spiro atoms. The van der Waals surface area contributed by atoms with E-state index in [1.165, 1.54) is 12.0 Å². The average molecular weight is 307 g/mol. The molecule has 0 bridgehead atoms. The highest BCUT2D eigenvalue weighted by atomic mass is 79.9. The number of methoxy groups -OCH3 is 1. The minimum atomic E-state index is -0.546. The highest BCUT2D eigenvalue weighted by Gasteiger charge is 2.14. The first-order valence-electron chi connectivity index (χ1n) is 4.92. The summed E-state index contributed by atoms with van der Waals surface area (Å²) in [7, 11) is 1.48. The third-order valence-corrected chi connectivity index (χ3v) is 3.77. The van der Waals surface area contributed by atoms with E-state index in [2.05, 4.69) is 21.2 Å². The normalized spacial score (nSPS) is 12.4. The molecule has 0 saturated carbocycles. The smallest absolute Gasteiger partial charge is 0.250 e. The number of thiophene rings is 1. The zero-order chi connectivity index (χ0) is 12.0. The minimum Gasteiger partial charge on any atom is -0.370 e. The van der Waals surface area contributed by atoms with Crippen LogP contribution in [0.25, 0.3) is 0 Å². The Morgan fingerprint density at radius 2 is 2.44 bits per heavy atom. The Labute approximate surface area is 107 Å². The van der Waals surface area contributed by atoms with Crippen LogP contribution in [0.2, 0.25) is 0 Å². The van der Waals surface area contributed by atoms with Gasteiger partial charge in [0.15, 0.2) is 0 Å². The van der Waals surface area contributed by atoms with Gasteiger partial charge in [0.2, 0.25) is 5.91 Å². The van der Waals surface area contributed by atoms with Gasteiger partial charge in [-0.1, -0.05) is 0 Å². The fraction of sp³-hybridized carbons (Fsp3) is 0.500. The maximum absolute atomic E-state index is 11.5. The molecule has 1 amide bonds. The standard InChI is InChI=1S/C10H15BrN2O2S/c1-15-8(6-12)10(14)13-5-4-7-2-3-9(11)16-7/h2-3,8H,4-6,12H2,1H3,(H,13,14). The zero-order valence-electron chi connectivity index (χ0n) is 9.03. The van der Waals surface area contributed by atoms with Crippen molar-refractivity contribution in [3.05, 3.63) is 20.8 Å². The number of carbonyl (C=O) groups excluding carboxylic acids is 1. The molecule has 1 atom stereocenters. The molecule has 0 saturated heterocycles. The van der Waals surface area contributed by atoms with E-state index in [1.54, 1.807) is 11.3 Å². The molecular weight excluding hydrogens is 292 g/mol. The topological polar surface area (TPSA) is 64.3 Å². The molecule has 4 nitrogen and oxygen atoms in total. The van der Waals surface area contributed by atoms with E-state index in [0.29, 0.717) is 6.54 Å². The van der Waals surface area contributed by atoms with E-state index in [0.717, 1.165) is 10.2 Å². The van der Waals surface area contributed by atoms with Gasteiger partial charge in [-0.15, -0.1) is 11.3 Å². The molecule has 0 aliphatic rings. The number of carbonyl (C=O) groups is 1. The molecule has 6 heteroatoms. The monoisotopic (exact) mass is 306 g/mol.